The molecule has 2 saturated heterocycles. The molecule has 82 heavy (non-hydrogen) atoms. The van der Waals surface area contributed by atoms with Crippen molar-refractivity contribution in [3.05, 3.63) is 107 Å². The molecule has 0 spiro atoms. The molecule has 2 amide bonds. The number of sulfone groups is 2. The predicted octanol–water partition coefficient (Wildman–Crippen LogP) is 9.13. The van der Waals surface area contributed by atoms with Crippen molar-refractivity contribution in [2.24, 2.45) is 10.8 Å². The number of rotatable bonds is 20. The van der Waals surface area contributed by atoms with Gasteiger partial charge >= 0.3 is 24.1 Å². The minimum Gasteiger partial charge on any atom is -0.481 e. The van der Waals surface area contributed by atoms with E-state index < -0.39 is 60.4 Å². The Bertz CT molecular complexity index is 3230. The first-order valence-corrected chi connectivity index (χ1v) is 30.2. The van der Waals surface area contributed by atoms with Crippen LogP contribution < -0.4 is 20.1 Å². The van der Waals surface area contributed by atoms with Crippen LogP contribution in [0.15, 0.2) is 107 Å². The summed E-state index contributed by atoms with van der Waals surface area (Å²) in [6.07, 6.45) is 0.274. The first-order chi connectivity index (χ1) is 39.3. The third-order valence-electron chi connectivity index (χ3n) is 13.3. The number of nitrogens with one attached hydrogen (secondary N) is 2. The fourth-order valence-corrected chi connectivity index (χ4v) is 12.9. The Morgan fingerprint density at radius 1 is 0.610 bits per heavy atom. The van der Waals surface area contributed by atoms with Gasteiger partial charge in [0.15, 0.2) is 32.9 Å². The zero-order valence-electron chi connectivity index (χ0n) is 46.1. The molecular formula is C60H66Cl2N4O14S2. The average molecular weight is 1200 g/mol. The van der Waals surface area contributed by atoms with Crippen LogP contribution in [0.4, 0.5) is 21.0 Å². The Morgan fingerprint density at radius 2 is 1.07 bits per heavy atom. The summed E-state index contributed by atoms with van der Waals surface area (Å²) in [6.45, 7) is 9.40. The molecule has 2 aliphatic rings. The maximum Gasteiger partial charge on any atom is 0.412 e. The molecule has 2 fully saturated rings. The third-order valence-corrected chi connectivity index (χ3v) is 17.6. The van der Waals surface area contributed by atoms with Gasteiger partial charge in [-0.25, -0.2) is 26.4 Å². The summed E-state index contributed by atoms with van der Waals surface area (Å²) in [7, 11) is -7.68. The molecule has 2 atom stereocenters. The molecule has 0 aromatic heterocycles. The lowest BCUT2D eigenvalue weighted by Gasteiger charge is -2.43. The van der Waals surface area contributed by atoms with Crippen LogP contribution in [-0.2, 0) is 43.5 Å². The van der Waals surface area contributed by atoms with E-state index in [0.717, 1.165) is 0 Å². The second-order valence-electron chi connectivity index (χ2n) is 18.9. The number of carbonyl (C=O) groups is 4. The molecule has 436 valence electrons. The number of anilines is 2. The molecule has 0 radical (unpaired) electrons. The zero-order valence-corrected chi connectivity index (χ0v) is 49.2. The highest BCUT2D eigenvalue weighted by molar-refractivity contribution is 7.91. The molecule has 2 aliphatic heterocycles. The van der Waals surface area contributed by atoms with E-state index >= 15 is 0 Å². The number of aliphatic carboxylic acids is 1. The number of ether oxygens (including phenoxy) is 5. The summed E-state index contributed by atoms with van der Waals surface area (Å²) in [5.74, 6) is 21.0. The quantitative estimate of drug-likeness (QED) is 0.0425. The fraction of sp³-hybridized carbons (Fsp3) is 0.400. The molecular weight excluding hydrogens is 1140 g/mol. The summed E-state index contributed by atoms with van der Waals surface area (Å²) in [5, 5.41) is 16.3. The highest BCUT2D eigenvalue weighted by Gasteiger charge is 2.49. The van der Waals surface area contributed by atoms with Gasteiger partial charge in [0, 0.05) is 47.1 Å². The van der Waals surface area contributed by atoms with Crippen LogP contribution in [0.3, 0.4) is 0 Å². The van der Waals surface area contributed by atoms with Crippen LogP contribution in [0.1, 0.15) is 59.8 Å². The van der Waals surface area contributed by atoms with E-state index in [1.54, 1.807) is 93.6 Å². The number of likely N-dealkylation sites (tertiary alicyclic amines) is 2. The molecule has 2 heterocycles. The number of carboxylic acids is 1. The largest absolute Gasteiger partial charge is 0.481 e. The lowest BCUT2D eigenvalue weighted by Crippen LogP contribution is -2.52. The van der Waals surface area contributed by atoms with E-state index in [2.05, 4.69) is 58.0 Å². The van der Waals surface area contributed by atoms with Gasteiger partial charge in [-0.05, 0) is 138 Å². The predicted molar refractivity (Wildman–Crippen MR) is 313 cm³/mol. The van der Waals surface area contributed by atoms with Crippen LogP contribution >= 0.6 is 23.2 Å². The highest BCUT2D eigenvalue weighted by Crippen LogP contribution is 2.40. The summed E-state index contributed by atoms with van der Waals surface area (Å²) in [6, 6.07) is 25.2. The molecule has 0 saturated carbocycles. The Morgan fingerprint density at radius 3 is 1.51 bits per heavy atom. The van der Waals surface area contributed by atoms with Crippen LogP contribution in [-0.4, -0.2) is 139 Å². The number of amides is 2. The number of nitrogens with zero attached hydrogens (tertiary/aromatic N) is 2. The van der Waals surface area contributed by atoms with Gasteiger partial charge in [0.25, 0.3) is 0 Å². The molecule has 18 nitrogen and oxygen atoms in total. The van der Waals surface area contributed by atoms with E-state index in [1.807, 2.05) is 16.7 Å². The van der Waals surface area contributed by atoms with Crippen LogP contribution in [0.5, 0.6) is 11.5 Å². The highest BCUT2D eigenvalue weighted by atomic mass is 35.5. The molecule has 6 rings (SSSR count). The number of piperidine rings is 2. The minimum atomic E-state index is -3.88. The maximum absolute atomic E-state index is 13.3. The van der Waals surface area contributed by atoms with Gasteiger partial charge in [0.05, 0.1) is 51.8 Å². The fourth-order valence-electron chi connectivity index (χ4n) is 8.89. The third kappa shape index (κ3) is 20.5. The van der Waals surface area contributed by atoms with Crippen molar-refractivity contribution in [1.82, 2.24) is 9.80 Å². The zero-order chi connectivity index (χ0) is 59.6. The molecule has 2 unspecified atom stereocenters. The molecule has 0 aliphatic carbocycles. The van der Waals surface area contributed by atoms with Crippen molar-refractivity contribution >= 4 is 78.4 Å². The normalized spacial score (nSPS) is 16.5. The molecule has 4 aromatic carbocycles. The van der Waals surface area contributed by atoms with Gasteiger partial charge in [0.1, 0.15) is 24.7 Å². The summed E-state index contributed by atoms with van der Waals surface area (Å²) in [5.41, 5.74) is -1.56. The lowest BCUT2D eigenvalue weighted by molar-refractivity contribution is -0.157. The van der Waals surface area contributed by atoms with Crippen molar-refractivity contribution in [3.63, 3.8) is 0 Å². The number of hydrogen-bond donors (Lipinski definition) is 3. The van der Waals surface area contributed by atoms with Gasteiger partial charge in [-0.15, -0.1) is 11.8 Å². The molecule has 4 aromatic rings. The maximum atomic E-state index is 13.3. The summed E-state index contributed by atoms with van der Waals surface area (Å²) >= 11 is 11.8. The number of hydrogen-bond acceptors (Lipinski definition) is 15. The first-order valence-electron chi connectivity index (χ1n) is 26.1. The topological polar surface area (TPSA) is 233 Å². The van der Waals surface area contributed by atoms with E-state index in [-0.39, 0.29) is 67.5 Å². The van der Waals surface area contributed by atoms with Crippen LogP contribution in [0.25, 0.3) is 0 Å². The van der Waals surface area contributed by atoms with E-state index in [4.69, 9.17) is 46.9 Å². The second kappa shape index (κ2) is 32.3. The number of benzene rings is 4. The Labute approximate surface area is 490 Å². The summed E-state index contributed by atoms with van der Waals surface area (Å²) in [4.78, 5) is 53.6. The standard InChI is InChI=1S/2C30H33ClN2O7S/c1-3-5-20-39-26-11-13-27(14-12-26)41(36,37)23-30(28(34)38-4-2)15-18-33(19-16-30)17-6-7-21-40-29(35)32-25-10-8-9-24(31)22-25;1-3-5-18-39-26-11-13-27(14-12-26)41(37,38)22-30(28(34)35)15-17-33(25(4-2)21-30)16-6-7-19-40-29(36)32-24-10-8-9-23(31)20-24/h8-14,22H,4,15-21,23H2,1-2H3,(H,32,35);8-14,20,25H,4,15-19,21-22H2,1-2H3,(H,32,36)(H,34,35). The molecule has 0 bridgehead atoms. The molecule has 22 heteroatoms. The number of carboxylic acid groups (broad SMARTS) is 1. The minimum absolute atomic E-state index is 0.0489. The Hall–Kier alpha value is -7.40. The van der Waals surface area contributed by atoms with Crippen LogP contribution in [0.2, 0.25) is 10.0 Å². The van der Waals surface area contributed by atoms with Crippen molar-refractivity contribution in [1.29, 1.82) is 0 Å². The van der Waals surface area contributed by atoms with Gasteiger partial charge in [-0.3, -0.25) is 30.0 Å². The Balaban J connectivity index is 0.000000301. The SMILES string of the molecule is CC#CCOc1ccc(S(=O)(=O)CC2(C(=O)O)CCN(CC#CCOC(=O)Nc3cccc(Cl)c3)C(CC)C2)cc1.CC#CCOc1ccc(S(=O)(=O)CC2(C(=O)OCC)CCN(CC#CCOC(=O)Nc3cccc(Cl)c3)CC2)cc1. The summed E-state index contributed by atoms with van der Waals surface area (Å²) < 4.78 is 79.6. The number of carbonyl (C=O) groups excluding carboxylic acids is 3. The van der Waals surface area contributed by atoms with Crippen molar-refractivity contribution in [2.45, 2.75) is 75.6 Å². The number of halogens is 2. The van der Waals surface area contributed by atoms with Gasteiger partial charge < -0.3 is 28.8 Å². The van der Waals surface area contributed by atoms with Crippen molar-refractivity contribution in [3.8, 4) is 58.9 Å². The monoisotopic (exact) mass is 1200 g/mol. The first kappa shape index (κ1) is 65.4. The lowest BCUT2D eigenvalue weighted by atomic mass is 9.76. The van der Waals surface area contributed by atoms with Gasteiger partial charge in [0.2, 0.25) is 0 Å². The average Bonchev–Trinajstić information content (AvgIpc) is 2.87. The van der Waals surface area contributed by atoms with E-state index in [1.165, 1.54) is 24.3 Å². The van der Waals surface area contributed by atoms with Gasteiger partial charge in [-0.1, -0.05) is 77.8 Å². The Kier molecular flexibility index (Phi) is 25.8. The second-order valence-corrected chi connectivity index (χ2v) is 23.7. The van der Waals surface area contributed by atoms with E-state index in [0.29, 0.717) is 84.9 Å². The van der Waals surface area contributed by atoms with Gasteiger partial charge in [-0.2, -0.15) is 0 Å². The smallest absolute Gasteiger partial charge is 0.412 e. The number of esters is 1. The van der Waals surface area contributed by atoms with Crippen molar-refractivity contribution in [2.75, 3.05) is 87.9 Å². The van der Waals surface area contributed by atoms with E-state index in [9.17, 15) is 41.1 Å². The molecule has 3 N–H and O–H groups in total. The van der Waals surface area contributed by atoms with Crippen LogP contribution in [0, 0.1) is 58.2 Å². The van der Waals surface area contributed by atoms with Crippen molar-refractivity contribution < 1.29 is 64.8 Å².